The molecule has 0 bridgehead atoms. The highest BCUT2D eigenvalue weighted by molar-refractivity contribution is 6.30. The van der Waals surface area contributed by atoms with Crippen LogP contribution in [0.25, 0.3) is 0 Å². The maximum Gasteiger partial charge on any atom is 0.143 e. The molecule has 7 heteroatoms. The molecule has 0 amide bonds. The molecule has 2 aliphatic heterocycles. The summed E-state index contributed by atoms with van der Waals surface area (Å²) in [6.07, 6.45) is 7.04. The van der Waals surface area contributed by atoms with Gasteiger partial charge in [0.2, 0.25) is 0 Å². The van der Waals surface area contributed by atoms with Gasteiger partial charge in [0.25, 0.3) is 0 Å². The van der Waals surface area contributed by atoms with E-state index < -0.39 is 5.82 Å². The molecular weight excluding hydrogens is 427 g/mol. The Hall–Kier alpha value is -2.83. The molecule has 0 aromatic heterocycles. The van der Waals surface area contributed by atoms with Crippen LogP contribution < -0.4 is 15.4 Å². The minimum atomic E-state index is -0.449. The highest BCUT2D eigenvalue weighted by Crippen LogP contribution is 2.23. The van der Waals surface area contributed by atoms with E-state index in [1.165, 1.54) is 32.0 Å². The number of nitrogens with zero attached hydrogens (tertiary/aromatic N) is 2. The van der Waals surface area contributed by atoms with Gasteiger partial charge in [-0.1, -0.05) is 17.7 Å². The SMILES string of the molecule is CC1=CN=C(Nc2ccc(OCCN3CCCC3)cc2)CC=C1Nc1ccc(Cl)c(F)c1. The monoisotopic (exact) mass is 454 g/mol. The second kappa shape index (κ2) is 10.7. The third kappa shape index (κ3) is 6.11. The number of allylic oxidation sites excluding steroid dienone is 1. The van der Waals surface area contributed by atoms with Crippen LogP contribution in [-0.2, 0) is 0 Å². The topological polar surface area (TPSA) is 48.9 Å². The van der Waals surface area contributed by atoms with Gasteiger partial charge in [-0.2, -0.15) is 0 Å². The average molecular weight is 455 g/mol. The van der Waals surface area contributed by atoms with Crippen LogP contribution in [0.2, 0.25) is 5.02 Å². The summed E-state index contributed by atoms with van der Waals surface area (Å²) < 4.78 is 19.6. The maximum atomic E-state index is 13.7. The molecule has 1 saturated heterocycles. The quantitative estimate of drug-likeness (QED) is 0.533. The van der Waals surface area contributed by atoms with E-state index in [0.29, 0.717) is 18.7 Å². The second-order valence-corrected chi connectivity index (χ2v) is 8.42. The molecule has 0 radical (unpaired) electrons. The summed E-state index contributed by atoms with van der Waals surface area (Å²) in [5.41, 5.74) is 3.43. The average Bonchev–Trinajstić information content (AvgIpc) is 3.25. The van der Waals surface area contributed by atoms with Gasteiger partial charge in [0, 0.05) is 36.2 Å². The molecule has 2 heterocycles. The third-order valence-electron chi connectivity index (χ3n) is 5.55. The number of ether oxygens (including phenoxy) is 1. The summed E-state index contributed by atoms with van der Waals surface area (Å²) in [6.45, 7) is 6.02. The van der Waals surface area contributed by atoms with E-state index in [9.17, 15) is 4.39 Å². The Bertz CT molecular complexity index is 1030. The first kappa shape index (κ1) is 22.4. The van der Waals surface area contributed by atoms with Gasteiger partial charge in [0.05, 0.1) is 5.02 Å². The first-order valence-corrected chi connectivity index (χ1v) is 11.3. The number of nitrogens with one attached hydrogen (secondary N) is 2. The number of hydrogen-bond donors (Lipinski definition) is 2. The Labute approximate surface area is 193 Å². The Morgan fingerprint density at radius 3 is 2.56 bits per heavy atom. The number of hydrogen-bond acceptors (Lipinski definition) is 5. The number of amidine groups is 1. The number of benzene rings is 2. The van der Waals surface area contributed by atoms with Gasteiger partial charge in [-0.05, 0) is 80.9 Å². The molecule has 2 aliphatic rings. The molecule has 2 aromatic carbocycles. The molecule has 5 nitrogen and oxygen atoms in total. The molecule has 0 atom stereocenters. The molecule has 2 N–H and O–H groups in total. The minimum Gasteiger partial charge on any atom is -0.492 e. The lowest BCUT2D eigenvalue weighted by Gasteiger charge is -2.15. The molecule has 4 rings (SSSR count). The zero-order chi connectivity index (χ0) is 22.3. The van der Waals surface area contributed by atoms with Crippen molar-refractivity contribution in [3.63, 3.8) is 0 Å². The van der Waals surface area contributed by atoms with Crippen molar-refractivity contribution < 1.29 is 9.13 Å². The van der Waals surface area contributed by atoms with Gasteiger partial charge < -0.3 is 15.4 Å². The fourth-order valence-corrected chi connectivity index (χ4v) is 3.84. The predicted octanol–water partition coefficient (Wildman–Crippen LogP) is 6.07. The van der Waals surface area contributed by atoms with E-state index in [1.807, 2.05) is 37.3 Å². The molecular formula is C25H28ClFN4O. The van der Waals surface area contributed by atoms with E-state index in [4.69, 9.17) is 16.3 Å². The fraction of sp³-hybridized carbons (Fsp3) is 0.320. The Kier molecular flexibility index (Phi) is 7.45. The second-order valence-electron chi connectivity index (χ2n) is 8.01. The smallest absolute Gasteiger partial charge is 0.143 e. The number of rotatable bonds is 7. The first-order valence-electron chi connectivity index (χ1n) is 10.9. The van der Waals surface area contributed by atoms with Crippen molar-refractivity contribution in [2.45, 2.75) is 26.2 Å². The van der Waals surface area contributed by atoms with Crippen molar-refractivity contribution in [1.29, 1.82) is 0 Å². The minimum absolute atomic E-state index is 0.107. The third-order valence-corrected chi connectivity index (χ3v) is 5.86. The van der Waals surface area contributed by atoms with Crippen molar-refractivity contribution >= 4 is 28.8 Å². The van der Waals surface area contributed by atoms with E-state index in [0.717, 1.165) is 35.1 Å². The largest absolute Gasteiger partial charge is 0.492 e. The van der Waals surface area contributed by atoms with Crippen LogP contribution >= 0.6 is 11.6 Å². The molecule has 2 aromatic rings. The lowest BCUT2D eigenvalue weighted by molar-refractivity contribution is 0.238. The standard InChI is InChI=1S/C25H28ClFN4O/c1-18-17-28-25(11-10-24(18)29-20-6-9-22(26)23(27)16-20)30-19-4-7-21(8-5-19)32-15-14-31-12-2-3-13-31/h4-10,16-17,29H,2-3,11-15H2,1H3,(H,28,30). The van der Waals surface area contributed by atoms with Crippen molar-refractivity contribution in [3.05, 3.63) is 76.9 Å². The Balaban J connectivity index is 1.31. The summed E-state index contributed by atoms with van der Waals surface area (Å²) in [7, 11) is 0. The van der Waals surface area contributed by atoms with E-state index in [1.54, 1.807) is 18.3 Å². The molecule has 168 valence electrons. The number of likely N-dealkylation sites (tertiary alicyclic amines) is 1. The van der Waals surface area contributed by atoms with E-state index in [2.05, 4.69) is 20.5 Å². The van der Waals surface area contributed by atoms with Crippen LogP contribution in [0.3, 0.4) is 0 Å². The number of aliphatic imine (C=N–C) groups is 1. The van der Waals surface area contributed by atoms with Gasteiger partial charge in [-0.15, -0.1) is 0 Å². The summed E-state index contributed by atoms with van der Waals surface area (Å²) in [5.74, 6) is 1.25. The zero-order valence-electron chi connectivity index (χ0n) is 18.2. The van der Waals surface area contributed by atoms with Crippen molar-refractivity contribution in [1.82, 2.24) is 4.90 Å². The molecule has 0 aliphatic carbocycles. The van der Waals surface area contributed by atoms with Gasteiger partial charge in [0.1, 0.15) is 24.0 Å². The number of anilines is 2. The van der Waals surface area contributed by atoms with Crippen LogP contribution in [-0.4, -0.2) is 37.0 Å². The summed E-state index contributed by atoms with van der Waals surface area (Å²) in [5, 5.41) is 6.71. The molecule has 1 fully saturated rings. The predicted molar refractivity (Wildman–Crippen MR) is 130 cm³/mol. The van der Waals surface area contributed by atoms with Crippen molar-refractivity contribution in [2.75, 3.05) is 36.9 Å². The summed E-state index contributed by atoms with van der Waals surface area (Å²) in [4.78, 5) is 7.00. The Morgan fingerprint density at radius 1 is 1.06 bits per heavy atom. The van der Waals surface area contributed by atoms with Crippen LogP contribution in [0, 0.1) is 5.82 Å². The first-order chi connectivity index (χ1) is 15.6. The van der Waals surface area contributed by atoms with E-state index in [-0.39, 0.29) is 5.02 Å². The van der Waals surface area contributed by atoms with Crippen LogP contribution in [0.1, 0.15) is 26.2 Å². The summed E-state index contributed by atoms with van der Waals surface area (Å²) in [6, 6.07) is 12.6. The van der Waals surface area contributed by atoms with Crippen LogP contribution in [0.4, 0.5) is 15.8 Å². The van der Waals surface area contributed by atoms with Crippen molar-refractivity contribution in [3.8, 4) is 5.75 Å². The van der Waals surface area contributed by atoms with Gasteiger partial charge in [-0.3, -0.25) is 4.90 Å². The lowest BCUT2D eigenvalue weighted by atomic mass is 10.2. The highest BCUT2D eigenvalue weighted by Gasteiger charge is 2.11. The van der Waals surface area contributed by atoms with Crippen LogP contribution in [0.15, 0.2) is 71.0 Å². The zero-order valence-corrected chi connectivity index (χ0v) is 19.0. The number of halogens is 2. The van der Waals surface area contributed by atoms with Gasteiger partial charge in [0.15, 0.2) is 0 Å². The molecule has 0 saturated carbocycles. The Morgan fingerprint density at radius 2 is 1.81 bits per heavy atom. The van der Waals surface area contributed by atoms with Gasteiger partial charge >= 0.3 is 0 Å². The van der Waals surface area contributed by atoms with Crippen molar-refractivity contribution in [2.24, 2.45) is 4.99 Å². The van der Waals surface area contributed by atoms with Gasteiger partial charge in [-0.25, -0.2) is 9.38 Å². The molecule has 32 heavy (non-hydrogen) atoms. The normalized spacial score (nSPS) is 16.7. The molecule has 0 spiro atoms. The summed E-state index contributed by atoms with van der Waals surface area (Å²) >= 11 is 5.77. The van der Waals surface area contributed by atoms with Crippen LogP contribution in [0.5, 0.6) is 5.75 Å². The fourth-order valence-electron chi connectivity index (χ4n) is 3.72. The maximum absolute atomic E-state index is 13.7. The molecule has 0 unspecified atom stereocenters. The highest BCUT2D eigenvalue weighted by atomic mass is 35.5. The van der Waals surface area contributed by atoms with E-state index >= 15 is 0 Å². The lowest BCUT2D eigenvalue weighted by Crippen LogP contribution is -2.25.